The van der Waals surface area contributed by atoms with E-state index in [9.17, 15) is 19.5 Å². The highest BCUT2D eigenvalue weighted by molar-refractivity contribution is 8.00. The summed E-state index contributed by atoms with van der Waals surface area (Å²) in [6, 6.07) is 6.41. The topological polar surface area (TPSA) is 111 Å². The second kappa shape index (κ2) is 9.71. The molecule has 2 aromatic rings. The Labute approximate surface area is 172 Å². The number of aliphatic hydroxyl groups is 1. The van der Waals surface area contributed by atoms with Crippen molar-refractivity contribution >= 4 is 29.3 Å². The van der Waals surface area contributed by atoms with Crippen molar-refractivity contribution in [2.75, 3.05) is 24.8 Å². The highest BCUT2D eigenvalue weighted by Gasteiger charge is 2.21. The molecule has 0 bridgehead atoms. The van der Waals surface area contributed by atoms with E-state index in [-0.39, 0.29) is 30.5 Å². The lowest BCUT2D eigenvalue weighted by atomic mass is 9.97. The van der Waals surface area contributed by atoms with Crippen molar-refractivity contribution in [3.8, 4) is 0 Å². The number of nitrogens with one attached hydrogen (secondary N) is 1. The molecule has 1 aromatic carbocycles. The number of amides is 1. The summed E-state index contributed by atoms with van der Waals surface area (Å²) in [6.07, 6.45) is 3.60. The van der Waals surface area contributed by atoms with Gasteiger partial charge in [-0.25, -0.2) is 9.59 Å². The third-order valence-electron chi connectivity index (χ3n) is 4.70. The molecular formula is C20H23N3O5S. The standard InChI is InChI=1S/C20H23N3O5S/c1-28-19(26)13-6-8-14(9-7-13)21-17(25)12-29-18-15-4-2-3-5-16(15)23(10-11-24)20(27)22-18/h6-9,24H,2-5,10-12H2,1H3,(H,21,25). The Bertz CT molecular complexity index is 956. The lowest BCUT2D eigenvalue weighted by molar-refractivity contribution is -0.113. The molecule has 0 saturated heterocycles. The van der Waals surface area contributed by atoms with Crippen LogP contribution >= 0.6 is 11.8 Å². The number of thioether (sulfide) groups is 1. The summed E-state index contributed by atoms with van der Waals surface area (Å²) in [5, 5.41) is 12.6. The Morgan fingerprint density at radius 3 is 2.66 bits per heavy atom. The predicted molar refractivity (Wildman–Crippen MR) is 109 cm³/mol. The minimum atomic E-state index is -0.440. The van der Waals surface area contributed by atoms with E-state index in [1.54, 1.807) is 28.8 Å². The van der Waals surface area contributed by atoms with E-state index in [2.05, 4.69) is 15.0 Å². The first-order valence-corrected chi connectivity index (χ1v) is 10.4. The van der Waals surface area contributed by atoms with Gasteiger partial charge in [-0.3, -0.25) is 9.36 Å². The van der Waals surface area contributed by atoms with E-state index in [1.165, 1.54) is 18.9 Å². The fraction of sp³-hybridized carbons (Fsp3) is 0.400. The van der Waals surface area contributed by atoms with Crippen LogP contribution < -0.4 is 11.0 Å². The Kier molecular flexibility index (Phi) is 7.05. The van der Waals surface area contributed by atoms with E-state index in [4.69, 9.17) is 0 Å². The number of benzene rings is 1. The van der Waals surface area contributed by atoms with Gasteiger partial charge in [0.1, 0.15) is 5.03 Å². The minimum Gasteiger partial charge on any atom is -0.465 e. The van der Waals surface area contributed by atoms with Gasteiger partial charge in [-0.05, 0) is 49.9 Å². The normalized spacial score (nSPS) is 12.9. The molecule has 1 heterocycles. The second-order valence-electron chi connectivity index (χ2n) is 6.61. The maximum absolute atomic E-state index is 12.3. The van der Waals surface area contributed by atoms with Gasteiger partial charge in [0.25, 0.3) is 0 Å². The van der Waals surface area contributed by atoms with Crippen LogP contribution in [0.15, 0.2) is 34.1 Å². The fourth-order valence-corrected chi connectivity index (χ4v) is 4.21. The van der Waals surface area contributed by atoms with Crippen molar-refractivity contribution in [1.29, 1.82) is 0 Å². The summed E-state index contributed by atoms with van der Waals surface area (Å²) in [5.74, 6) is -0.557. The van der Waals surface area contributed by atoms with Gasteiger partial charge in [0.05, 0.1) is 31.6 Å². The lowest BCUT2D eigenvalue weighted by Gasteiger charge is -2.22. The van der Waals surface area contributed by atoms with Gasteiger partial charge < -0.3 is 15.2 Å². The van der Waals surface area contributed by atoms with E-state index >= 15 is 0 Å². The van der Waals surface area contributed by atoms with E-state index in [1.807, 2.05) is 0 Å². The largest absolute Gasteiger partial charge is 0.465 e. The predicted octanol–water partition coefficient (Wildman–Crippen LogP) is 1.63. The number of esters is 1. The van der Waals surface area contributed by atoms with Crippen molar-refractivity contribution in [3.63, 3.8) is 0 Å². The number of anilines is 1. The molecule has 9 heteroatoms. The molecule has 0 atom stereocenters. The molecule has 3 rings (SSSR count). The molecule has 1 aliphatic carbocycles. The molecule has 1 aromatic heterocycles. The van der Waals surface area contributed by atoms with E-state index < -0.39 is 5.97 Å². The number of aliphatic hydroxyl groups excluding tert-OH is 1. The first-order chi connectivity index (χ1) is 14.0. The molecule has 154 valence electrons. The van der Waals surface area contributed by atoms with Crippen LogP contribution in [-0.2, 0) is 28.9 Å². The van der Waals surface area contributed by atoms with Crippen LogP contribution in [0.2, 0.25) is 0 Å². The number of carbonyl (C=O) groups excluding carboxylic acids is 2. The number of hydrogen-bond acceptors (Lipinski definition) is 7. The number of methoxy groups -OCH3 is 1. The van der Waals surface area contributed by atoms with Gasteiger partial charge in [0.2, 0.25) is 5.91 Å². The lowest BCUT2D eigenvalue weighted by Crippen LogP contribution is -2.31. The Morgan fingerprint density at radius 2 is 1.97 bits per heavy atom. The van der Waals surface area contributed by atoms with Crippen LogP contribution in [0.1, 0.15) is 34.5 Å². The minimum absolute atomic E-state index is 0.113. The average Bonchev–Trinajstić information content (AvgIpc) is 2.74. The SMILES string of the molecule is COC(=O)c1ccc(NC(=O)CSc2nc(=O)n(CCO)c3c2CCCC3)cc1. The summed E-state index contributed by atoms with van der Waals surface area (Å²) in [5.41, 5.74) is 2.51. The summed E-state index contributed by atoms with van der Waals surface area (Å²) in [7, 11) is 1.31. The molecule has 2 N–H and O–H groups in total. The van der Waals surface area contributed by atoms with Gasteiger partial charge in [-0.2, -0.15) is 4.98 Å². The summed E-state index contributed by atoms with van der Waals surface area (Å²) in [6.45, 7) is 0.124. The second-order valence-corrected chi connectivity index (χ2v) is 7.58. The maximum Gasteiger partial charge on any atom is 0.348 e. The van der Waals surface area contributed by atoms with Gasteiger partial charge in [0.15, 0.2) is 0 Å². The summed E-state index contributed by atoms with van der Waals surface area (Å²) < 4.78 is 6.19. The van der Waals surface area contributed by atoms with E-state index in [0.717, 1.165) is 36.9 Å². The molecule has 29 heavy (non-hydrogen) atoms. The van der Waals surface area contributed by atoms with Crippen molar-refractivity contribution in [2.24, 2.45) is 0 Å². The number of ether oxygens (including phenoxy) is 1. The number of aromatic nitrogens is 2. The molecule has 0 unspecified atom stereocenters. The third-order valence-corrected chi connectivity index (χ3v) is 5.72. The van der Waals surface area contributed by atoms with Gasteiger partial charge in [-0.15, -0.1) is 0 Å². The molecule has 1 aliphatic rings. The van der Waals surface area contributed by atoms with Crippen LogP contribution in [0.5, 0.6) is 0 Å². The van der Waals surface area contributed by atoms with Gasteiger partial charge >= 0.3 is 11.7 Å². The number of hydrogen-bond donors (Lipinski definition) is 2. The molecular weight excluding hydrogens is 394 g/mol. The van der Waals surface area contributed by atoms with Crippen molar-refractivity contribution in [1.82, 2.24) is 9.55 Å². The summed E-state index contributed by atoms with van der Waals surface area (Å²) in [4.78, 5) is 40.3. The van der Waals surface area contributed by atoms with Crippen LogP contribution in [0.25, 0.3) is 0 Å². The van der Waals surface area contributed by atoms with Crippen molar-refractivity contribution in [3.05, 3.63) is 51.6 Å². The molecule has 8 nitrogen and oxygen atoms in total. The molecule has 0 fully saturated rings. The highest BCUT2D eigenvalue weighted by Crippen LogP contribution is 2.28. The number of fused-ring (bicyclic) bond motifs is 1. The van der Waals surface area contributed by atoms with Crippen LogP contribution in [0, 0.1) is 0 Å². The first-order valence-electron chi connectivity index (χ1n) is 9.38. The van der Waals surface area contributed by atoms with Crippen LogP contribution in [0.3, 0.4) is 0 Å². The van der Waals surface area contributed by atoms with Crippen LogP contribution in [-0.4, -0.2) is 46.0 Å². The Balaban J connectivity index is 1.68. The average molecular weight is 417 g/mol. The van der Waals surface area contributed by atoms with Gasteiger partial charge in [-0.1, -0.05) is 11.8 Å². The monoisotopic (exact) mass is 417 g/mol. The van der Waals surface area contributed by atoms with Crippen molar-refractivity contribution in [2.45, 2.75) is 37.3 Å². The number of carbonyl (C=O) groups is 2. The smallest absolute Gasteiger partial charge is 0.348 e. The number of rotatable bonds is 7. The molecule has 1 amide bonds. The Hall–Kier alpha value is -2.65. The van der Waals surface area contributed by atoms with E-state index in [0.29, 0.717) is 16.3 Å². The highest BCUT2D eigenvalue weighted by atomic mass is 32.2. The number of nitrogens with zero attached hydrogens (tertiary/aromatic N) is 2. The fourth-order valence-electron chi connectivity index (χ4n) is 3.34. The summed E-state index contributed by atoms with van der Waals surface area (Å²) >= 11 is 1.24. The molecule has 0 saturated carbocycles. The van der Waals surface area contributed by atoms with Crippen molar-refractivity contribution < 1.29 is 19.4 Å². The maximum atomic E-state index is 12.3. The molecule has 0 aliphatic heterocycles. The zero-order chi connectivity index (χ0) is 20.8. The zero-order valence-electron chi connectivity index (χ0n) is 16.1. The zero-order valence-corrected chi connectivity index (χ0v) is 17.0. The molecule has 0 radical (unpaired) electrons. The quantitative estimate of drug-likeness (QED) is 0.400. The van der Waals surface area contributed by atoms with Crippen LogP contribution in [0.4, 0.5) is 5.69 Å². The third kappa shape index (κ3) is 5.04. The molecule has 0 spiro atoms. The Morgan fingerprint density at radius 1 is 1.24 bits per heavy atom. The first kappa shape index (κ1) is 21.1. The van der Waals surface area contributed by atoms with Gasteiger partial charge in [0, 0.05) is 16.9 Å².